The van der Waals surface area contributed by atoms with Gasteiger partial charge in [-0.15, -0.1) is 0 Å². The maximum absolute atomic E-state index is 6.93. The number of benzene rings is 5. The first-order chi connectivity index (χ1) is 18.6. The van der Waals surface area contributed by atoms with Crippen LogP contribution >= 0.6 is 0 Å². The first-order valence-corrected chi connectivity index (χ1v) is 14.1. The van der Waals surface area contributed by atoms with Crippen LogP contribution in [0.25, 0.3) is 54.3 Å². The third kappa shape index (κ3) is 4.05. The van der Waals surface area contributed by atoms with E-state index in [1.54, 1.807) is 0 Å². The third-order valence-electron chi connectivity index (χ3n) is 7.90. The van der Waals surface area contributed by atoms with Crippen molar-refractivity contribution in [2.75, 3.05) is 0 Å². The molecule has 1 aliphatic heterocycles. The molecule has 0 N–H and O–H groups in total. The van der Waals surface area contributed by atoms with Crippen LogP contribution in [0.2, 0.25) is 0 Å². The molecule has 2 heterocycles. The molecular weight excluding hydrogens is 474 g/mol. The van der Waals surface area contributed by atoms with Crippen molar-refractivity contribution in [3.8, 4) is 22.8 Å². The molecular formula is C37H35NO. The maximum Gasteiger partial charge on any atom is 0.140 e. The Morgan fingerprint density at radius 2 is 1.41 bits per heavy atom. The van der Waals surface area contributed by atoms with Crippen molar-refractivity contribution in [3.63, 3.8) is 0 Å². The Hall–Kier alpha value is -3.91. The van der Waals surface area contributed by atoms with E-state index in [9.17, 15) is 0 Å². The molecule has 0 aliphatic carbocycles. The third-order valence-corrected chi connectivity index (χ3v) is 7.90. The van der Waals surface area contributed by atoms with E-state index in [0.29, 0.717) is 0 Å². The van der Waals surface area contributed by atoms with Gasteiger partial charge in [0, 0.05) is 17.3 Å². The van der Waals surface area contributed by atoms with Crippen LogP contribution in [0.1, 0.15) is 52.7 Å². The Morgan fingerprint density at radius 3 is 2.21 bits per heavy atom. The molecule has 0 bridgehead atoms. The topological polar surface area (TPSA) is 22.1 Å². The van der Waals surface area contributed by atoms with Gasteiger partial charge in [-0.1, -0.05) is 96.1 Å². The molecule has 0 amide bonds. The van der Waals surface area contributed by atoms with Gasteiger partial charge >= 0.3 is 0 Å². The standard InChI is InChI=1S/C37H35NO/c1-36(2,3)20-22-11-12-24-18-32-33-27(28(24)17-22)15-16-38-34(33)30-19-29-25-10-8-7-9-23(25)13-14-26(29)31(35(30)39-32)21-37(4,5)6/h7-19H,20-21H2,1-6H3. The Kier molecular flexibility index (Phi) is 5.14. The summed E-state index contributed by atoms with van der Waals surface area (Å²) >= 11 is 0. The molecule has 0 fully saturated rings. The van der Waals surface area contributed by atoms with Crippen LogP contribution in [-0.2, 0) is 12.8 Å². The van der Waals surface area contributed by atoms with Gasteiger partial charge in [0.1, 0.15) is 11.5 Å². The van der Waals surface area contributed by atoms with E-state index < -0.39 is 0 Å². The Balaban J connectivity index is 1.56. The van der Waals surface area contributed by atoms with E-state index in [4.69, 9.17) is 9.72 Å². The lowest BCUT2D eigenvalue weighted by molar-refractivity contribution is 0.400. The first kappa shape index (κ1) is 24.2. The highest BCUT2D eigenvalue weighted by atomic mass is 16.5. The number of hydrogen-bond donors (Lipinski definition) is 0. The lowest BCUT2D eigenvalue weighted by Crippen LogP contribution is -2.12. The van der Waals surface area contributed by atoms with Gasteiger partial charge in [0.15, 0.2) is 0 Å². The summed E-state index contributed by atoms with van der Waals surface area (Å²) in [5.41, 5.74) is 5.09. The minimum absolute atomic E-state index is 0.101. The summed E-state index contributed by atoms with van der Waals surface area (Å²) in [5, 5.41) is 9.88. The average Bonchev–Trinajstić information content (AvgIpc) is 2.88. The molecule has 0 atom stereocenters. The molecule has 1 aromatic heterocycles. The summed E-state index contributed by atoms with van der Waals surface area (Å²) in [6.45, 7) is 13.8. The van der Waals surface area contributed by atoms with Crippen molar-refractivity contribution < 1.29 is 4.74 Å². The number of nitrogens with zero attached hydrogens (tertiary/aromatic N) is 1. The van der Waals surface area contributed by atoms with Crippen LogP contribution in [0.15, 0.2) is 79.0 Å². The largest absolute Gasteiger partial charge is 0.456 e. The van der Waals surface area contributed by atoms with Crippen molar-refractivity contribution in [1.29, 1.82) is 0 Å². The van der Waals surface area contributed by atoms with Crippen molar-refractivity contribution in [3.05, 3.63) is 90.1 Å². The van der Waals surface area contributed by atoms with Gasteiger partial charge in [-0.05, 0) is 85.1 Å². The predicted molar refractivity (Wildman–Crippen MR) is 166 cm³/mol. The molecule has 7 rings (SSSR count). The molecule has 0 spiro atoms. The molecule has 0 saturated heterocycles. The highest BCUT2D eigenvalue weighted by molar-refractivity contribution is 6.18. The van der Waals surface area contributed by atoms with E-state index in [-0.39, 0.29) is 10.8 Å². The van der Waals surface area contributed by atoms with E-state index in [0.717, 1.165) is 41.0 Å². The van der Waals surface area contributed by atoms with Crippen LogP contribution in [0.3, 0.4) is 0 Å². The second-order valence-electron chi connectivity index (χ2n) is 13.7. The van der Waals surface area contributed by atoms with Gasteiger partial charge in [-0.25, -0.2) is 0 Å². The summed E-state index contributed by atoms with van der Waals surface area (Å²) in [4.78, 5) is 5.01. The lowest BCUT2D eigenvalue weighted by atomic mass is 9.82. The van der Waals surface area contributed by atoms with E-state index in [1.165, 1.54) is 48.8 Å². The Bertz CT molecular complexity index is 1950. The molecule has 0 saturated carbocycles. The van der Waals surface area contributed by atoms with Crippen LogP contribution in [0.5, 0.6) is 11.5 Å². The zero-order chi connectivity index (χ0) is 27.1. The monoisotopic (exact) mass is 509 g/mol. The molecule has 1 aliphatic rings. The highest BCUT2D eigenvalue weighted by Crippen LogP contribution is 2.52. The smallest absolute Gasteiger partial charge is 0.140 e. The van der Waals surface area contributed by atoms with Gasteiger partial charge in [0.05, 0.1) is 11.1 Å². The quantitative estimate of drug-likeness (QED) is 0.216. The zero-order valence-electron chi connectivity index (χ0n) is 23.8. The number of ether oxygens (including phenoxy) is 1. The first-order valence-electron chi connectivity index (χ1n) is 14.1. The van der Waals surface area contributed by atoms with Crippen LogP contribution in [0.4, 0.5) is 0 Å². The molecule has 194 valence electrons. The SMILES string of the molecule is CC(C)(C)Cc1ccc2cc3c4c(nccc4c2c1)-c1cc2c(ccc4ccccc42)c(CC(C)(C)C)c1O3. The van der Waals surface area contributed by atoms with E-state index in [1.807, 2.05) is 6.20 Å². The summed E-state index contributed by atoms with van der Waals surface area (Å²) in [5.74, 6) is 1.87. The van der Waals surface area contributed by atoms with Gasteiger partial charge in [0.2, 0.25) is 0 Å². The van der Waals surface area contributed by atoms with Crippen molar-refractivity contribution in [2.45, 2.75) is 54.4 Å². The fourth-order valence-electron chi connectivity index (χ4n) is 6.44. The second kappa shape index (κ2) is 8.29. The lowest BCUT2D eigenvalue weighted by Gasteiger charge is -2.28. The van der Waals surface area contributed by atoms with E-state index >= 15 is 0 Å². The number of pyridine rings is 1. The molecule has 0 unspecified atom stereocenters. The van der Waals surface area contributed by atoms with Crippen LogP contribution in [-0.4, -0.2) is 4.98 Å². The fourth-order valence-corrected chi connectivity index (χ4v) is 6.44. The number of fused-ring (bicyclic) bond motifs is 7. The van der Waals surface area contributed by atoms with Crippen molar-refractivity contribution >= 4 is 43.1 Å². The van der Waals surface area contributed by atoms with Gasteiger partial charge < -0.3 is 4.74 Å². The summed E-state index contributed by atoms with van der Waals surface area (Å²) in [6.07, 6.45) is 3.93. The average molecular weight is 510 g/mol. The van der Waals surface area contributed by atoms with Crippen LogP contribution < -0.4 is 4.74 Å². The Labute approximate surface area is 230 Å². The zero-order valence-corrected chi connectivity index (χ0v) is 23.8. The molecule has 2 nitrogen and oxygen atoms in total. The summed E-state index contributed by atoms with van der Waals surface area (Å²) in [6, 6.07) is 26.8. The van der Waals surface area contributed by atoms with Gasteiger partial charge in [0.25, 0.3) is 0 Å². The molecule has 5 aromatic carbocycles. The number of rotatable bonds is 2. The minimum atomic E-state index is 0.101. The second-order valence-corrected chi connectivity index (χ2v) is 13.7. The van der Waals surface area contributed by atoms with Crippen molar-refractivity contribution in [1.82, 2.24) is 4.98 Å². The van der Waals surface area contributed by atoms with Crippen LogP contribution in [0, 0.1) is 10.8 Å². The van der Waals surface area contributed by atoms with Crippen molar-refractivity contribution in [2.24, 2.45) is 10.8 Å². The fraction of sp³-hybridized carbons (Fsp3) is 0.270. The Morgan fingerprint density at radius 1 is 0.641 bits per heavy atom. The molecule has 0 radical (unpaired) electrons. The van der Waals surface area contributed by atoms with Gasteiger partial charge in [-0.3, -0.25) is 4.98 Å². The predicted octanol–water partition coefficient (Wildman–Crippen LogP) is 10.6. The summed E-state index contributed by atoms with van der Waals surface area (Å²) in [7, 11) is 0. The highest BCUT2D eigenvalue weighted by Gasteiger charge is 2.29. The normalized spacial score (nSPS) is 13.3. The molecule has 39 heavy (non-hydrogen) atoms. The molecule has 6 aromatic rings. The summed E-state index contributed by atoms with van der Waals surface area (Å²) < 4.78 is 6.93. The van der Waals surface area contributed by atoms with E-state index in [2.05, 4.69) is 114 Å². The maximum atomic E-state index is 6.93. The number of aromatic nitrogens is 1. The number of hydrogen-bond acceptors (Lipinski definition) is 2. The molecule has 2 heteroatoms. The minimum Gasteiger partial charge on any atom is -0.456 e. The van der Waals surface area contributed by atoms with Gasteiger partial charge in [-0.2, -0.15) is 0 Å².